The zero-order chi connectivity index (χ0) is 20.5. The lowest BCUT2D eigenvalue weighted by Gasteiger charge is -2.37. The molecule has 28 heavy (non-hydrogen) atoms. The number of ether oxygens (including phenoxy) is 3. The monoisotopic (exact) mass is 414 g/mol. The van der Waals surface area contributed by atoms with Crippen molar-refractivity contribution < 1.29 is 28.1 Å². The molecule has 2 fully saturated rings. The van der Waals surface area contributed by atoms with Crippen LogP contribution in [0, 0.1) is 0 Å². The van der Waals surface area contributed by atoms with E-state index in [1.165, 1.54) is 4.57 Å². The second-order valence-electron chi connectivity index (χ2n) is 7.64. The van der Waals surface area contributed by atoms with Crippen molar-refractivity contribution in [2.75, 3.05) is 20.3 Å². The second kappa shape index (κ2) is 8.60. The lowest BCUT2D eigenvalue weighted by atomic mass is 10.1. The van der Waals surface area contributed by atoms with E-state index in [1.54, 1.807) is 19.4 Å². The highest BCUT2D eigenvalue weighted by Gasteiger charge is 2.57. The van der Waals surface area contributed by atoms with Crippen LogP contribution in [0.1, 0.15) is 40.8 Å². The molecule has 0 aromatic carbocycles. The van der Waals surface area contributed by atoms with E-state index < -0.39 is 38.8 Å². The summed E-state index contributed by atoms with van der Waals surface area (Å²) in [6.45, 7) is 10.8. The molecule has 2 aliphatic rings. The van der Waals surface area contributed by atoms with E-state index in [2.05, 4.69) is 32.7 Å². The molecule has 0 bridgehead atoms. The molecule has 3 rings (SSSR count). The Kier molecular flexibility index (Phi) is 6.57. The number of aromatic nitrogens is 2. The molecule has 158 valence electrons. The topological polar surface area (TPSA) is 90.3 Å². The Bertz CT molecular complexity index is 718. The number of hydrogen-bond donors (Lipinski definition) is 0. The van der Waals surface area contributed by atoms with Gasteiger partial charge >= 0.3 is 14.3 Å². The fourth-order valence-electron chi connectivity index (χ4n) is 3.84. The Labute approximate surface area is 166 Å². The minimum atomic E-state index is -2.70. The summed E-state index contributed by atoms with van der Waals surface area (Å²) in [4.78, 5) is 22.0. The molecule has 0 aliphatic carbocycles. The van der Waals surface area contributed by atoms with Gasteiger partial charge in [-0.2, -0.15) is 4.98 Å². The summed E-state index contributed by atoms with van der Waals surface area (Å²) >= 11 is 0. The van der Waals surface area contributed by atoms with Crippen molar-refractivity contribution in [2.45, 2.75) is 70.2 Å². The van der Waals surface area contributed by atoms with Gasteiger partial charge in [0.2, 0.25) is 5.88 Å². The lowest BCUT2D eigenvalue weighted by molar-refractivity contribution is -0.242. The Hall–Kier alpha value is -1.30. The van der Waals surface area contributed by atoms with Gasteiger partial charge in [-0.05, 0) is 18.0 Å². The highest BCUT2D eigenvalue weighted by Crippen LogP contribution is 2.43. The molecule has 2 unspecified atom stereocenters. The van der Waals surface area contributed by atoms with Gasteiger partial charge in [-0.25, -0.2) is 9.68 Å². The van der Waals surface area contributed by atoms with Crippen LogP contribution in [0.15, 0.2) is 17.1 Å². The third kappa shape index (κ3) is 3.76. The first-order valence-electron chi connectivity index (χ1n) is 9.72. The minimum Gasteiger partial charge on any atom is -0.478 e. The summed E-state index contributed by atoms with van der Waals surface area (Å²) in [6.07, 6.45) is -0.400. The normalized spacial score (nSPS) is 29.7. The molecule has 9 nitrogen and oxygen atoms in total. The van der Waals surface area contributed by atoms with Gasteiger partial charge in [0, 0.05) is 19.4 Å². The Balaban J connectivity index is 1.92. The van der Waals surface area contributed by atoms with Crippen LogP contribution in [0.25, 0.3) is 0 Å². The molecule has 3 heterocycles. The van der Waals surface area contributed by atoms with Gasteiger partial charge in [0.1, 0.15) is 24.9 Å². The van der Waals surface area contributed by atoms with Crippen molar-refractivity contribution >= 4 is 8.56 Å². The van der Waals surface area contributed by atoms with Crippen molar-refractivity contribution in [1.82, 2.24) is 9.55 Å². The highest BCUT2D eigenvalue weighted by atomic mass is 28.4. The summed E-state index contributed by atoms with van der Waals surface area (Å²) in [7, 11) is -1.12. The number of nitrogens with zero attached hydrogens (tertiary/aromatic N) is 2. The summed E-state index contributed by atoms with van der Waals surface area (Å²) in [5.41, 5.74) is -0.141. The molecule has 1 aromatic rings. The standard InChI is InChI=1S/C18H30N2O7Si/c1-7-23-14-8-9-20(18(21)19-14)17-16(22-6)15-13(25-17)10-24-27-28(26-15,11(2)3)12(4)5/h8-9,11-13,15-17H,7,10H2,1-6H3/t13?,15-,16-,17?/m1/s1. The molecule has 0 N–H and O–H groups in total. The largest absolute Gasteiger partial charge is 0.478 e. The maximum absolute atomic E-state index is 12.5. The predicted octanol–water partition coefficient (Wildman–Crippen LogP) is 2.16. The van der Waals surface area contributed by atoms with Crippen LogP contribution in [0.5, 0.6) is 5.88 Å². The molecule has 2 saturated heterocycles. The lowest BCUT2D eigenvalue weighted by Crippen LogP contribution is -2.52. The van der Waals surface area contributed by atoms with E-state index in [0.29, 0.717) is 6.61 Å². The predicted molar refractivity (Wildman–Crippen MR) is 102 cm³/mol. The Morgan fingerprint density at radius 3 is 2.61 bits per heavy atom. The van der Waals surface area contributed by atoms with E-state index >= 15 is 0 Å². The van der Waals surface area contributed by atoms with Crippen molar-refractivity contribution in [1.29, 1.82) is 0 Å². The number of rotatable bonds is 6. The average Bonchev–Trinajstić information content (AvgIpc) is 2.85. The number of methoxy groups -OCH3 is 1. The van der Waals surface area contributed by atoms with Gasteiger partial charge in [0.05, 0.1) is 6.61 Å². The molecular weight excluding hydrogens is 384 g/mol. The van der Waals surface area contributed by atoms with Crippen LogP contribution in [-0.4, -0.2) is 56.7 Å². The SMILES string of the molecule is CCOc1ccn(C2OC3COO[Si](C(C)C)(C(C)C)O[C@H]3[C@H]2OC)c(=O)n1. The Morgan fingerprint density at radius 1 is 1.32 bits per heavy atom. The molecule has 1 aromatic heterocycles. The fourth-order valence-corrected chi connectivity index (χ4v) is 7.10. The molecule has 10 heteroatoms. The summed E-state index contributed by atoms with van der Waals surface area (Å²) in [6, 6.07) is 1.64. The number of hydrogen-bond acceptors (Lipinski definition) is 8. The maximum atomic E-state index is 12.5. The minimum absolute atomic E-state index is 0.165. The van der Waals surface area contributed by atoms with Crippen LogP contribution in [-0.2, 0) is 23.4 Å². The summed E-state index contributed by atoms with van der Waals surface area (Å²) in [5.74, 6) is 0.281. The smallest absolute Gasteiger partial charge is 0.380 e. The van der Waals surface area contributed by atoms with Crippen molar-refractivity contribution in [3.8, 4) is 5.88 Å². The van der Waals surface area contributed by atoms with Gasteiger partial charge in [0.15, 0.2) is 6.23 Å². The molecule has 0 spiro atoms. The van der Waals surface area contributed by atoms with E-state index in [9.17, 15) is 4.79 Å². The molecule has 0 saturated carbocycles. The first-order chi connectivity index (χ1) is 13.3. The first-order valence-corrected chi connectivity index (χ1v) is 11.7. The van der Waals surface area contributed by atoms with Crippen molar-refractivity contribution in [2.24, 2.45) is 0 Å². The average molecular weight is 415 g/mol. The molecule has 0 amide bonds. The second-order valence-corrected chi connectivity index (χ2v) is 11.8. The van der Waals surface area contributed by atoms with Crippen LogP contribution in [0.3, 0.4) is 0 Å². The third-order valence-electron chi connectivity index (χ3n) is 5.28. The molecular formula is C18H30N2O7Si. The zero-order valence-corrected chi connectivity index (χ0v) is 18.3. The van der Waals surface area contributed by atoms with E-state index in [0.717, 1.165) is 0 Å². The Morgan fingerprint density at radius 2 is 2.04 bits per heavy atom. The highest BCUT2D eigenvalue weighted by molar-refractivity contribution is 6.70. The fraction of sp³-hybridized carbons (Fsp3) is 0.778. The van der Waals surface area contributed by atoms with Crippen LogP contribution in [0.4, 0.5) is 0 Å². The van der Waals surface area contributed by atoms with Crippen molar-refractivity contribution in [3.05, 3.63) is 22.7 Å². The van der Waals surface area contributed by atoms with Gasteiger partial charge in [0.25, 0.3) is 0 Å². The first kappa shape index (κ1) is 21.4. The number of fused-ring (bicyclic) bond motifs is 1. The van der Waals surface area contributed by atoms with Gasteiger partial charge in [-0.15, -0.1) is 0 Å². The summed E-state index contributed by atoms with van der Waals surface area (Å²) < 4.78 is 31.0. The zero-order valence-electron chi connectivity index (χ0n) is 17.3. The molecule has 0 radical (unpaired) electrons. The van der Waals surface area contributed by atoms with Crippen molar-refractivity contribution in [3.63, 3.8) is 0 Å². The third-order valence-corrected chi connectivity index (χ3v) is 9.52. The van der Waals surface area contributed by atoms with E-state index in [1.807, 2.05) is 6.92 Å². The van der Waals surface area contributed by atoms with Crippen LogP contribution >= 0.6 is 0 Å². The molecule has 4 atom stereocenters. The van der Waals surface area contributed by atoms with E-state index in [-0.39, 0.29) is 23.6 Å². The maximum Gasteiger partial charge on any atom is 0.380 e. The molecule has 2 aliphatic heterocycles. The quantitative estimate of drug-likeness (QED) is 0.517. The summed E-state index contributed by atoms with van der Waals surface area (Å²) in [5, 5.41) is 0. The van der Waals surface area contributed by atoms with E-state index in [4.69, 9.17) is 28.1 Å². The van der Waals surface area contributed by atoms with Gasteiger partial charge in [-0.3, -0.25) is 9.14 Å². The van der Waals surface area contributed by atoms with Gasteiger partial charge in [-0.1, -0.05) is 27.7 Å². The van der Waals surface area contributed by atoms with Crippen LogP contribution in [0.2, 0.25) is 11.1 Å². The van der Waals surface area contributed by atoms with Gasteiger partial charge < -0.3 is 18.6 Å². The van der Waals surface area contributed by atoms with Crippen LogP contribution < -0.4 is 10.4 Å².